The number of hydrogen-bond donors (Lipinski definition) is 1. The number of thiazole rings is 1. The van der Waals surface area contributed by atoms with Crippen molar-refractivity contribution in [3.8, 4) is 0 Å². The summed E-state index contributed by atoms with van der Waals surface area (Å²) < 4.78 is 1.20. The van der Waals surface area contributed by atoms with Gasteiger partial charge in [0.05, 0.1) is 21.4 Å². The highest BCUT2D eigenvalue weighted by Crippen LogP contribution is 2.35. The zero-order valence-corrected chi connectivity index (χ0v) is 17.3. The number of nitrogens with zero attached hydrogens (tertiary/aromatic N) is 3. The molecule has 3 aromatic heterocycles. The van der Waals surface area contributed by atoms with Crippen molar-refractivity contribution in [2.24, 2.45) is 0 Å². The minimum absolute atomic E-state index is 0.934. The first-order valence-corrected chi connectivity index (χ1v) is 10.7. The molecule has 0 spiro atoms. The first kappa shape index (κ1) is 18.1. The van der Waals surface area contributed by atoms with Crippen molar-refractivity contribution in [3.05, 3.63) is 53.0 Å². The molecule has 0 saturated heterocycles. The molecular formula is C21H22N4S2. The average Bonchev–Trinajstić information content (AvgIpc) is 3.27. The number of hydrogen-bond acceptors (Lipinski definition) is 6. The SMILES string of the molecule is CC/C=C(\CN(C)C)c1cc2c(Nc3ccc4scnc4c3)ccnc2s1. The first-order valence-electron chi connectivity index (χ1n) is 8.97. The molecule has 1 N–H and O–H groups in total. The number of nitrogens with one attached hydrogen (secondary N) is 1. The largest absolute Gasteiger partial charge is 0.355 e. The molecule has 0 atom stereocenters. The Kier molecular flexibility index (Phi) is 5.20. The van der Waals surface area contributed by atoms with Crippen molar-refractivity contribution in [1.82, 2.24) is 14.9 Å². The number of allylic oxidation sites excluding steroid dienone is 1. The van der Waals surface area contributed by atoms with Gasteiger partial charge in [0.2, 0.25) is 0 Å². The Morgan fingerprint density at radius 1 is 1.19 bits per heavy atom. The van der Waals surface area contributed by atoms with Crippen LogP contribution in [0.2, 0.25) is 0 Å². The lowest BCUT2D eigenvalue weighted by atomic mass is 10.1. The van der Waals surface area contributed by atoms with Gasteiger partial charge in [-0.25, -0.2) is 9.97 Å². The summed E-state index contributed by atoms with van der Waals surface area (Å²) in [5.41, 5.74) is 6.40. The smallest absolute Gasteiger partial charge is 0.125 e. The molecule has 138 valence electrons. The second-order valence-corrected chi connectivity index (χ2v) is 8.64. The molecule has 0 aliphatic carbocycles. The van der Waals surface area contributed by atoms with E-state index in [0.717, 1.165) is 40.1 Å². The highest BCUT2D eigenvalue weighted by molar-refractivity contribution is 7.19. The van der Waals surface area contributed by atoms with E-state index < -0.39 is 0 Å². The zero-order valence-electron chi connectivity index (χ0n) is 15.7. The standard InChI is InChI=1S/C21H22N4S2/c1-4-5-14(12-25(2)3)20-11-16-17(8-9-22-21(16)27-20)24-15-6-7-19-18(10-15)23-13-26-19/h5-11,13H,4,12H2,1-3H3,(H,22,24)/b14-5+. The summed E-state index contributed by atoms with van der Waals surface area (Å²) in [5, 5.41) is 4.72. The van der Waals surface area contributed by atoms with E-state index in [1.165, 1.54) is 15.2 Å². The molecule has 0 fully saturated rings. The number of aromatic nitrogens is 2. The van der Waals surface area contributed by atoms with Crippen LogP contribution in [0.15, 0.2) is 48.1 Å². The Morgan fingerprint density at radius 2 is 2.07 bits per heavy atom. The van der Waals surface area contributed by atoms with Crippen molar-refractivity contribution >= 4 is 60.1 Å². The van der Waals surface area contributed by atoms with E-state index in [1.807, 2.05) is 17.8 Å². The van der Waals surface area contributed by atoms with Crippen LogP contribution in [0, 0.1) is 0 Å². The molecular weight excluding hydrogens is 372 g/mol. The lowest BCUT2D eigenvalue weighted by Gasteiger charge is -2.12. The Morgan fingerprint density at radius 3 is 2.89 bits per heavy atom. The van der Waals surface area contributed by atoms with Gasteiger partial charge in [-0.1, -0.05) is 13.0 Å². The molecule has 0 radical (unpaired) electrons. The van der Waals surface area contributed by atoms with E-state index in [4.69, 9.17) is 0 Å². The van der Waals surface area contributed by atoms with Crippen LogP contribution in [-0.2, 0) is 0 Å². The molecule has 0 amide bonds. The minimum Gasteiger partial charge on any atom is -0.355 e. The van der Waals surface area contributed by atoms with Gasteiger partial charge in [0.1, 0.15) is 4.83 Å². The van der Waals surface area contributed by atoms with Crippen LogP contribution in [-0.4, -0.2) is 35.5 Å². The normalized spacial score (nSPS) is 12.4. The molecule has 4 nitrogen and oxygen atoms in total. The van der Waals surface area contributed by atoms with Gasteiger partial charge >= 0.3 is 0 Å². The van der Waals surface area contributed by atoms with E-state index in [-0.39, 0.29) is 0 Å². The summed E-state index contributed by atoms with van der Waals surface area (Å²) in [4.78, 5) is 13.6. The molecule has 0 aliphatic rings. The second-order valence-electron chi connectivity index (χ2n) is 6.72. The number of anilines is 2. The van der Waals surface area contributed by atoms with Gasteiger partial charge in [-0.3, -0.25) is 0 Å². The van der Waals surface area contributed by atoms with Gasteiger partial charge in [-0.15, -0.1) is 22.7 Å². The molecule has 4 rings (SSSR count). The zero-order chi connectivity index (χ0) is 18.8. The molecule has 27 heavy (non-hydrogen) atoms. The van der Waals surface area contributed by atoms with Crippen LogP contribution >= 0.6 is 22.7 Å². The minimum atomic E-state index is 0.934. The average molecular weight is 395 g/mol. The van der Waals surface area contributed by atoms with Gasteiger partial charge in [0.25, 0.3) is 0 Å². The molecule has 1 aromatic carbocycles. The molecule has 0 saturated carbocycles. The summed E-state index contributed by atoms with van der Waals surface area (Å²) >= 11 is 3.42. The fraction of sp³-hybridized carbons (Fsp3) is 0.238. The predicted molar refractivity (Wildman–Crippen MR) is 119 cm³/mol. The van der Waals surface area contributed by atoms with Crippen LogP contribution < -0.4 is 5.32 Å². The van der Waals surface area contributed by atoms with Crippen LogP contribution in [0.4, 0.5) is 11.4 Å². The van der Waals surface area contributed by atoms with E-state index in [9.17, 15) is 0 Å². The van der Waals surface area contributed by atoms with Crippen LogP contribution in [0.3, 0.4) is 0 Å². The van der Waals surface area contributed by atoms with Crippen molar-refractivity contribution < 1.29 is 0 Å². The molecule has 0 unspecified atom stereocenters. The summed E-state index contributed by atoms with van der Waals surface area (Å²) in [6.45, 7) is 3.12. The lowest BCUT2D eigenvalue weighted by molar-refractivity contribution is 0.463. The van der Waals surface area contributed by atoms with Gasteiger partial charge in [-0.2, -0.15) is 0 Å². The molecule has 3 heterocycles. The van der Waals surface area contributed by atoms with Gasteiger partial charge in [0, 0.05) is 28.7 Å². The van der Waals surface area contributed by atoms with Gasteiger partial charge < -0.3 is 10.2 Å². The van der Waals surface area contributed by atoms with Crippen molar-refractivity contribution in [1.29, 1.82) is 0 Å². The topological polar surface area (TPSA) is 41.0 Å². The number of likely N-dealkylation sites (N-methyl/N-ethyl adjacent to an activating group) is 1. The predicted octanol–water partition coefficient (Wildman–Crippen LogP) is 6.00. The van der Waals surface area contributed by atoms with Crippen LogP contribution in [0.1, 0.15) is 18.2 Å². The Labute approximate surface area is 167 Å². The quantitative estimate of drug-likeness (QED) is 0.435. The number of pyridine rings is 1. The van der Waals surface area contributed by atoms with Crippen molar-refractivity contribution in [3.63, 3.8) is 0 Å². The monoisotopic (exact) mass is 394 g/mol. The first-order chi connectivity index (χ1) is 13.1. The third kappa shape index (κ3) is 3.88. The Balaban J connectivity index is 1.71. The Hall–Kier alpha value is -2.28. The highest BCUT2D eigenvalue weighted by Gasteiger charge is 2.12. The number of thiophene rings is 1. The van der Waals surface area contributed by atoms with E-state index in [1.54, 1.807) is 22.7 Å². The van der Waals surface area contributed by atoms with Gasteiger partial charge in [-0.05, 0) is 56.4 Å². The fourth-order valence-electron chi connectivity index (χ4n) is 3.13. The summed E-state index contributed by atoms with van der Waals surface area (Å²) in [5.74, 6) is 0. The lowest BCUT2D eigenvalue weighted by Crippen LogP contribution is -2.14. The fourth-order valence-corrected chi connectivity index (χ4v) is 4.84. The van der Waals surface area contributed by atoms with E-state index in [0.29, 0.717) is 0 Å². The maximum Gasteiger partial charge on any atom is 0.125 e. The Bertz CT molecular complexity index is 1110. The summed E-state index contributed by atoms with van der Waals surface area (Å²) in [6, 6.07) is 10.6. The van der Waals surface area contributed by atoms with E-state index in [2.05, 4.69) is 71.5 Å². The number of fused-ring (bicyclic) bond motifs is 2. The maximum atomic E-state index is 4.59. The van der Waals surface area contributed by atoms with Crippen molar-refractivity contribution in [2.45, 2.75) is 13.3 Å². The highest BCUT2D eigenvalue weighted by atomic mass is 32.1. The summed E-state index contributed by atoms with van der Waals surface area (Å²) in [6.07, 6.45) is 5.22. The van der Waals surface area contributed by atoms with E-state index >= 15 is 0 Å². The molecule has 4 aromatic rings. The van der Waals surface area contributed by atoms with Crippen LogP contribution in [0.25, 0.3) is 26.0 Å². The molecule has 0 aliphatic heterocycles. The van der Waals surface area contributed by atoms with Crippen LogP contribution in [0.5, 0.6) is 0 Å². The molecule has 0 bridgehead atoms. The summed E-state index contributed by atoms with van der Waals surface area (Å²) in [7, 11) is 4.22. The number of benzene rings is 1. The van der Waals surface area contributed by atoms with Gasteiger partial charge in [0.15, 0.2) is 0 Å². The number of rotatable bonds is 6. The second kappa shape index (κ2) is 7.76. The third-order valence-corrected chi connectivity index (χ3v) is 6.23. The molecule has 6 heteroatoms. The third-order valence-electron chi connectivity index (χ3n) is 4.30. The van der Waals surface area contributed by atoms with Crippen molar-refractivity contribution in [2.75, 3.05) is 26.0 Å². The maximum absolute atomic E-state index is 4.59.